The molecule has 43 heavy (non-hydrogen) atoms. The molecule has 4 aliphatic rings. The van der Waals surface area contributed by atoms with Gasteiger partial charge >= 0.3 is 0 Å². The summed E-state index contributed by atoms with van der Waals surface area (Å²) in [6.45, 7) is 8.90. The summed E-state index contributed by atoms with van der Waals surface area (Å²) in [5, 5.41) is 37.2. The zero-order chi connectivity index (χ0) is 31.3. The van der Waals surface area contributed by atoms with Gasteiger partial charge in [-0.25, -0.2) is 0 Å². The third-order valence-electron chi connectivity index (χ3n) is 13.0. The zero-order valence-corrected chi connectivity index (χ0v) is 27.0. The van der Waals surface area contributed by atoms with Gasteiger partial charge in [0.15, 0.2) is 0 Å². The number of hydrogen-bond acceptors (Lipinski definition) is 6. The van der Waals surface area contributed by atoms with E-state index in [0.717, 1.165) is 38.5 Å². The van der Waals surface area contributed by atoms with Crippen LogP contribution < -0.4 is 5.32 Å². The van der Waals surface area contributed by atoms with E-state index in [1.165, 1.54) is 0 Å². The first kappa shape index (κ1) is 32.9. The quantitative estimate of drug-likeness (QED) is 0.251. The van der Waals surface area contributed by atoms with E-state index in [9.17, 15) is 33.1 Å². The molecule has 4 fully saturated rings. The van der Waals surface area contributed by atoms with Gasteiger partial charge in [0.25, 0.3) is 10.1 Å². The minimum absolute atomic E-state index is 0.00521. The van der Waals surface area contributed by atoms with Crippen LogP contribution >= 0.6 is 0 Å². The van der Waals surface area contributed by atoms with Crippen LogP contribution in [0.2, 0.25) is 0 Å². The third kappa shape index (κ3) is 6.06. The van der Waals surface area contributed by atoms with Crippen LogP contribution in [-0.4, -0.2) is 58.3 Å². The van der Waals surface area contributed by atoms with Crippen molar-refractivity contribution in [1.29, 1.82) is 0 Å². The zero-order valence-electron chi connectivity index (χ0n) is 26.2. The van der Waals surface area contributed by atoms with Gasteiger partial charge in [0.05, 0.1) is 30.1 Å². The highest BCUT2D eigenvalue weighted by Crippen LogP contribution is 2.69. The molecule has 8 nitrogen and oxygen atoms in total. The van der Waals surface area contributed by atoms with Crippen molar-refractivity contribution in [2.75, 3.05) is 5.75 Å². The minimum atomic E-state index is -4.30. The fraction of sp³-hybridized carbons (Fsp3) is 0.794. The summed E-state index contributed by atoms with van der Waals surface area (Å²) in [7, 11) is -4.30. The molecular formula is C34H53NO7S. The molecule has 0 bridgehead atoms. The van der Waals surface area contributed by atoms with Crippen LogP contribution in [0.4, 0.5) is 0 Å². The molecule has 0 saturated heterocycles. The number of nitrogens with one attached hydrogen (secondary N) is 1. The molecule has 9 heteroatoms. The summed E-state index contributed by atoms with van der Waals surface area (Å²) in [6, 6.07) is 7.97. The lowest BCUT2D eigenvalue weighted by Gasteiger charge is -2.65. The molecule has 0 unspecified atom stereocenters. The molecule has 0 aromatic heterocycles. The van der Waals surface area contributed by atoms with Crippen LogP contribution in [-0.2, 0) is 14.9 Å². The van der Waals surface area contributed by atoms with Crippen LogP contribution in [0.1, 0.15) is 97.1 Å². The molecule has 4 aliphatic carbocycles. The Bertz CT molecular complexity index is 1240. The number of amides is 1. The van der Waals surface area contributed by atoms with Crippen LogP contribution in [0.3, 0.4) is 0 Å². The molecule has 0 aliphatic heterocycles. The Hall–Kier alpha value is -1.52. The SMILES string of the molecule is CC[C@H]1[C@@H](O)[C@@H]2[C@H](C[C@H](O)[C@]3(C)[C@@H]([C@H](C)CCC(=O)N[C@@H](CS(=O)(=O)O)c4ccccc4)CC[C@@H]23)[C@@]2(C)CC[C@@H](O)C[C@@H]12. The van der Waals surface area contributed by atoms with Gasteiger partial charge in [-0.2, -0.15) is 8.42 Å². The Kier molecular flexibility index (Phi) is 9.44. The lowest BCUT2D eigenvalue weighted by Crippen LogP contribution is -2.65. The predicted octanol–water partition coefficient (Wildman–Crippen LogP) is 4.75. The summed E-state index contributed by atoms with van der Waals surface area (Å²) in [5.41, 5.74) is 0.267. The van der Waals surface area contributed by atoms with Crippen molar-refractivity contribution >= 4 is 16.0 Å². The first-order chi connectivity index (χ1) is 20.2. The predicted molar refractivity (Wildman–Crippen MR) is 165 cm³/mol. The lowest BCUT2D eigenvalue weighted by atomic mass is 9.41. The minimum Gasteiger partial charge on any atom is -0.393 e. The fourth-order valence-electron chi connectivity index (χ4n) is 10.8. The Morgan fingerprint density at radius 2 is 1.72 bits per heavy atom. The smallest absolute Gasteiger partial charge is 0.267 e. The lowest BCUT2D eigenvalue weighted by molar-refractivity contribution is -0.228. The standard InChI is InChI=1S/C34H53NO7S/c1-5-23-26-17-22(36)15-16-33(26,3)27-18-29(37)34(4)24(12-13-25(34)31(27)32(23)39)20(2)11-14-30(38)35-28(19-43(40,41)42)21-9-7-6-8-10-21/h6-10,20,22-29,31-32,36-37,39H,5,11-19H2,1-4H3,(H,35,38)(H,40,41,42)/t20-,22-,23-,24-,25+,26+,27+,28+,29+,31+,32-,33+,34-/m1/s1. The number of rotatable bonds is 9. The number of fused-ring (bicyclic) bond motifs is 5. The van der Waals surface area contributed by atoms with Crippen molar-refractivity contribution in [2.45, 2.75) is 110 Å². The summed E-state index contributed by atoms with van der Waals surface area (Å²) in [4.78, 5) is 13.1. The van der Waals surface area contributed by atoms with E-state index in [2.05, 4.69) is 33.0 Å². The van der Waals surface area contributed by atoms with Crippen molar-refractivity contribution in [3.8, 4) is 0 Å². The van der Waals surface area contributed by atoms with E-state index in [-0.39, 0.29) is 70.7 Å². The van der Waals surface area contributed by atoms with Gasteiger partial charge in [-0.15, -0.1) is 0 Å². The molecule has 1 aromatic rings. The average Bonchev–Trinajstić information content (AvgIpc) is 3.31. The average molecular weight is 620 g/mol. The highest BCUT2D eigenvalue weighted by atomic mass is 32.2. The molecule has 4 saturated carbocycles. The monoisotopic (exact) mass is 619 g/mol. The molecule has 5 N–H and O–H groups in total. The maximum absolute atomic E-state index is 13.1. The highest BCUT2D eigenvalue weighted by molar-refractivity contribution is 7.85. The number of hydrogen-bond donors (Lipinski definition) is 5. The Balaban J connectivity index is 1.29. The first-order valence-electron chi connectivity index (χ1n) is 16.5. The Morgan fingerprint density at radius 3 is 2.37 bits per heavy atom. The van der Waals surface area contributed by atoms with Crippen molar-refractivity contribution < 1.29 is 33.1 Å². The van der Waals surface area contributed by atoms with Gasteiger partial charge in [-0.1, -0.05) is 64.4 Å². The van der Waals surface area contributed by atoms with E-state index in [1.807, 2.05) is 6.07 Å². The normalized spacial score (nSPS) is 42.3. The number of aliphatic hydroxyl groups is 3. The number of aliphatic hydroxyl groups excluding tert-OH is 3. The van der Waals surface area contributed by atoms with Gasteiger partial charge < -0.3 is 20.6 Å². The van der Waals surface area contributed by atoms with Gasteiger partial charge in [0.2, 0.25) is 5.91 Å². The summed E-state index contributed by atoms with van der Waals surface area (Å²) in [5.74, 6) is 0.486. The second-order valence-corrected chi connectivity index (χ2v) is 16.5. The van der Waals surface area contributed by atoms with Crippen molar-refractivity contribution in [1.82, 2.24) is 5.32 Å². The third-order valence-corrected chi connectivity index (χ3v) is 13.8. The van der Waals surface area contributed by atoms with E-state index >= 15 is 0 Å². The molecule has 242 valence electrons. The Labute approximate surface area is 257 Å². The van der Waals surface area contributed by atoms with E-state index in [1.54, 1.807) is 24.3 Å². The number of carbonyl (C=O) groups excluding carboxylic acids is 1. The first-order valence-corrected chi connectivity index (χ1v) is 18.1. The van der Waals surface area contributed by atoms with Gasteiger partial charge in [-0.3, -0.25) is 9.35 Å². The molecule has 1 amide bonds. The molecule has 0 spiro atoms. The molecular weight excluding hydrogens is 566 g/mol. The highest BCUT2D eigenvalue weighted by Gasteiger charge is 2.67. The number of carbonyl (C=O) groups is 1. The molecule has 0 heterocycles. The van der Waals surface area contributed by atoms with E-state index in [4.69, 9.17) is 0 Å². The van der Waals surface area contributed by atoms with Crippen molar-refractivity contribution in [2.24, 2.45) is 52.3 Å². The fourth-order valence-corrected chi connectivity index (χ4v) is 11.5. The van der Waals surface area contributed by atoms with Crippen LogP contribution in [0.5, 0.6) is 0 Å². The summed E-state index contributed by atoms with van der Waals surface area (Å²) in [6.07, 6.45) is 5.52. The summed E-state index contributed by atoms with van der Waals surface area (Å²) < 4.78 is 32.8. The number of benzene rings is 1. The molecule has 5 rings (SSSR count). The van der Waals surface area contributed by atoms with Gasteiger partial charge in [0.1, 0.15) is 0 Å². The largest absolute Gasteiger partial charge is 0.393 e. The van der Waals surface area contributed by atoms with Crippen LogP contribution in [0, 0.1) is 52.3 Å². The Morgan fingerprint density at radius 1 is 1.02 bits per heavy atom. The second kappa shape index (κ2) is 12.3. The van der Waals surface area contributed by atoms with Crippen LogP contribution in [0.25, 0.3) is 0 Å². The molecule has 0 radical (unpaired) electrons. The van der Waals surface area contributed by atoms with Gasteiger partial charge in [0, 0.05) is 6.42 Å². The van der Waals surface area contributed by atoms with Crippen molar-refractivity contribution in [3.05, 3.63) is 35.9 Å². The second-order valence-electron chi connectivity index (χ2n) is 15.0. The van der Waals surface area contributed by atoms with Gasteiger partial charge in [-0.05, 0) is 103 Å². The summed E-state index contributed by atoms with van der Waals surface area (Å²) >= 11 is 0. The molecule has 13 atom stereocenters. The van der Waals surface area contributed by atoms with E-state index < -0.39 is 34.1 Å². The molecule has 1 aromatic carbocycles. The van der Waals surface area contributed by atoms with E-state index in [0.29, 0.717) is 18.4 Å². The maximum Gasteiger partial charge on any atom is 0.267 e. The van der Waals surface area contributed by atoms with Crippen LogP contribution in [0.15, 0.2) is 30.3 Å². The topological polar surface area (TPSA) is 144 Å². The maximum atomic E-state index is 13.1. The van der Waals surface area contributed by atoms with Crippen molar-refractivity contribution in [3.63, 3.8) is 0 Å².